The number of phenols is 1. The molecule has 0 spiro atoms. The Labute approximate surface area is 177 Å². The Morgan fingerprint density at radius 2 is 1.88 bits per heavy atom. The van der Waals surface area contributed by atoms with Gasteiger partial charge in [0.05, 0.1) is 14.2 Å². The fourth-order valence-electron chi connectivity index (χ4n) is 2.22. The minimum Gasteiger partial charge on any atom is -0.506 e. The molecule has 2 aromatic rings. The molecule has 3 rings (SSSR count). The van der Waals surface area contributed by atoms with Crippen LogP contribution in [0.5, 0.6) is 5.75 Å². The second-order valence-corrected chi connectivity index (χ2v) is 8.95. The maximum absolute atomic E-state index is 12.5. The van der Waals surface area contributed by atoms with Crippen LogP contribution in [0, 0.1) is 14.1 Å². The minimum atomic E-state index is -0.121. The summed E-state index contributed by atoms with van der Waals surface area (Å²) in [7, 11) is 1.71. The molecular weight excluding hydrogens is 562 g/mol. The monoisotopic (exact) mass is 576 g/mol. The van der Waals surface area contributed by atoms with E-state index >= 15 is 0 Å². The molecule has 1 heterocycles. The molecule has 7 heteroatoms. The van der Waals surface area contributed by atoms with Gasteiger partial charge in [0.25, 0.3) is 5.91 Å². The molecule has 1 amide bonds. The van der Waals surface area contributed by atoms with Gasteiger partial charge in [-0.2, -0.15) is 0 Å². The van der Waals surface area contributed by atoms with Crippen LogP contribution < -0.4 is 0 Å². The maximum Gasteiger partial charge on any atom is 0.266 e. The molecule has 0 aliphatic carbocycles. The van der Waals surface area contributed by atoms with E-state index in [1.807, 2.05) is 43.3 Å². The number of nitrogens with zero attached hydrogens (tertiary/aromatic N) is 2. The summed E-state index contributed by atoms with van der Waals surface area (Å²) in [5.74, 6) is 0.0672. The van der Waals surface area contributed by atoms with Gasteiger partial charge in [-0.15, -0.1) is 0 Å². The van der Waals surface area contributed by atoms with Crippen LogP contribution in [0.25, 0.3) is 6.08 Å². The molecule has 1 N–H and O–H groups in total. The molecule has 1 saturated heterocycles. The number of hydrogen-bond donors (Lipinski definition) is 1. The lowest BCUT2D eigenvalue weighted by Crippen LogP contribution is -2.23. The van der Waals surface area contributed by atoms with Crippen LogP contribution in [0.15, 0.2) is 46.3 Å². The molecule has 0 aromatic heterocycles. The molecule has 1 fully saturated rings. The number of hydrogen-bond acceptors (Lipinski definition) is 4. The average Bonchev–Trinajstić information content (AvgIpc) is 2.82. The molecule has 0 radical (unpaired) electrons. The smallest absolute Gasteiger partial charge is 0.266 e. The van der Waals surface area contributed by atoms with E-state index < -0.39 is 0 Å². The Bertz CT molecular complexity index is 908. The first-order valence-electron chi connectivity index (χ1n) is 7.36. The number of aromatic hydroxyl groups is 1. The van der Waals surface area contributed by atoms with E-state index in [9.17, 15) is 9.90 Å². The molecule has 0 bridgehead atoms. The van der Waals surface area contributed by atoms with Crippen LogP contribution in [0.3, 0.4) is 0 Å². The molecule has 1 aliphatic heterocycles. The highest BCUT2D eigenvalue weighted by Gasteiger charge is 2.30. The predicted molar refractivity (Wildman–Crippen MR) is 120 cm³/mol. The third kappa shape index (κ3) is 4.20. The van der Waals surface area contributed by atoms with Gasteiger partial charge in [-0.05, 0) is 94.2 Å². The van der Waals surface area contributed by atoms with E-state index in [4.69, 9.17) is 0 Å². The second kappa shape index (κ2) is 7.67. The summed E-state index contributed by atoms with van der Waals surface area (Å²) in [6, 6.07) is 11.6. The van der Waals surface area contributed by atoms with E-state index in [1.54, 1.807) is 13.1 Å². The van der Waals surface area contributed by atoms with Crippen molar-refractivity contribution in [2.24, 2.45) is 4.99 Å². The zero-order valence-electron chi connectivity index (χ0n) is 13.5. The number of phenolic OH excluding ortho intramolecular Hbond substituents is 1. The number of aliphatic imine (C=N–C) groups is 1. The summed E-state index contributed by atoms with van der Waals surface area (Å²) >= 11 is 5.59. The van der Waals surface area contributed by atoms with Crippen molar-refractivity contribution in [2.75, 3.05) is 7.05 Å². The van der Waals surface area contributed by atoms with Gasteiger partial charge in [-0.25, -0.2) is 4.99 Å². The number of amidine groups is 1. The Kier molecular flexibility index (Phi) is 5.74. The Hall–Kier alpha value is -1.07. The maximum atomic E-state index is 12.5. The van der Waals surface area contributed by atoms with Gasteiger partial charge in [0, 0.05) is 16.2 Å². The van der Waals surface area contributed by atoms with Gasteiger partial charge >= 0.3 is 0 Å². The number of carbonyl (C=O) groups excluding carboxylic acids is 1. The molecular formula is C18H14I2N2O2S. The fraction of sp³-hybridized carbons (Fsp3) is 0.111. The zero-order chi connectivity index (χ0) is 18.1. The second-order valence-electron chi connectivity index (χ2n) is 5.53. The van der Waals surface area contributed by atoms with Crippen LogP contribution in [-0.4, -0.2) is 28.1 Å². The van der Waals surface area contributed by atoms with E-state index in [1.165, 1.54) is 16.7 Å². The van der Waals surface area contributed by atoms with Gasteiger partial charge < -0.3 is 5.11 Å². The first-order chi connectivity index (χ1) is 11.8. The van der Waals surface area contributed by atoms with Gasteiger partial charge in [0.15, 0.2) is 5.17 Å². The van der Waals surface area contributed by atoms with Gasteiger partial charge in [-0.3, -0.25) is 9.69 Å². The summed E-state index contributed by atoms with van der Waals surface area (Å²) in [5.41, 5.74) is 2.61. The zero-order valence-corrected chi connectivity index (χ0v) is 18.6. The summed E-state index contributed by atoms with van der Waals surface area (Å²) in [5, 5.41) is 10.9. The van der Waals surface area contributed by atoms with Crippen molar-refractivity contribution < 1.29 is 9.90 Å². The number of aryl methyl sites for hydroxylation is 1. The highest BCUT2D eigenvalue weighted by Crippen LogP contribution is 2.36. The number of thioether (sulfide) groups is 1. The molecule has 2 aromatic carbocycles. The van der Waals surface area contributed by atoms with E-state index in [0.29, 0.717) is 15.6 Å². The molecule has 128 valence electrons. The predicted octanol–water partition coefficient (Wildman–Crippen LogP) is 5.14. The number of benzene rings is 2. The third-order valence-corrected chi connectivity index (χ3v) is 6.11. The number of halogens is 2. The van der Waals surface area contributed by atoms with Crippen molar-refractivity contribution in [3.8, 4) is 5.75 Å². The van der Waals surface area contributed by atoms with Crippen LogP contribution in [0.4, 0.5) is 5.69 Å². The van der Waals surface area contributed by atoms with Gasteiger partial charge in [0.1, 0.15) is 5.75 Å². The first kappa shape index (κ1) is 18.7. The Morgan fingerprint density at radius 1 is 1.20 bits per heavy atom. The van der Waals surface area contributed by atoms with Crippen molar-refractivity contribution >= 4 is 79.8 Å². The molecule has 0 unspecified atom stereocenters. The normalized spacial score (nSPS) is 17.8. The van der Waals surface area contributed by atoms with Crippen LogP contribution in [0.2, 0.25) is 0 Å². The van der Waals surface area contributed by atoms with Crippen molar-refractivity contribution in [1.82, 2.24) is 4.90 Å². The molecule has 4 nitrogen and oxygen atoms in total. The SMILES string of the molecule is Cc1ccc(N=C2S/C(=C/c3cc(I)cc(I)c3O)C(=O)N2C)cc1. The number of rotatable bonds is 2. The molecule has 1 aliphatic rings. The summed E-state index contributed by atoms with van der Waals surface area (Å²) in [6.07, 6.45) is 1.72. The van der Waals surface area contributed by atoms with Gasteiger partial charge in [0.2, 0.25) is 0 Å². The largest absolute Gasteiger partial charge is 0.506 e. The average molecular weight is 576 g/mol. The number of amides is 1. The lowest BCUT2D eigenvalue weighted by Gasteiger charge is -2.07. The Balaban J connectivity index is 1.95. The van der Waals surface area contributed by atoms with E-state index in [-0.39, 0.29) is 11.7 Å². The quantitative estimate of drug-likeness (QED) is 0.398. The highest BCUT2D eigenvalue weighted by atomic mass is 127. The molecule has 25 heavy (non-hydrogen) atoms. The standard InChI is InChI=1S/C18H14I2N2O2S/c1-10-3-5-13(6-4-10)21-18-22(2)17(24)15(25-18)8-11-7-12(19)9-14(20)16(11)23/h3-9,23H,1-2H3/b15-8+,21-18?. The van der Waals surface area contributed by atoms with E-state index in [0.717, 1.165) is 18.4 Å². The van der Waals surface area contributed by atoms with Gasteiger partial charge in [-0.1, -0.05) is 17.7 Å². The van der Waals surface area contributed by atoms with Crippen LogP contribution in [0.1, 0.15) is 11.1 Å². The summed E-state index contributed by atoms with van der Waals surface area (Å²) < 4.78 is 1.76. The number of carbonyl (C=O) groups is 1. The number of likely N-dealkylation sites (N-methyl/N-ethyl adjacent to an activating group) is 1. The molecule has 0 atom stereocenters. The highest BCUT2D eigenvalue weighted by molar-refractivity contribution is 14.1. The molecule has 0 saturated carbocycles. The van der Waals surface area contributed by atoms with Crippen LogP contribution >= 0.6 is 56.9 Å². The first-order valence-corrected chi connectivity index (χ1v) is 10.3. The topological polar surface area (TPSA) is 52.9 Å². The lowest BCUT2D eigenvalue weighted by molar-refractivity contribution is -0.121. The van der Waals surface area contributed by atoms with Crippen molar-refractivity contribution in [1.29, 1.82) is 0 Å². The fourth-order valence-corrected chi connectivity index (χ4v) is 5.09. The third-order valence-electron chi connectivity index (χ3n) is 3.61. The van der Waals surface area contributed by atoms with Crippen LogP contribution in [-0.2, 0) is 4.79 Å². The van der Waals surface area contributed by atoms with Crippen molar-refractivity contribution in [2.45, 2.75) is 6.92 Å². The van der Waals surface area contributed by atoms with E-state index in [2.05, 4.69) is 50.2 Å². The van der Waals surface area contributed by atoms with Crippen molar-refractivity contribution in [3.05, 3.63) is 59.6 Å². The lowest BCUT2D eigenvalue weighted by atomic mass is 10.2. The summed E-state index contributed by atoms with van der Waals surface area (Å²) in [4.78, 5) is 19.2. The minimum absolute atomic E-state index is 0.121. The summed E-state index contributed by atoms with van der Waals surface area (Å²) in [6.45, 7) is 2.02. The Morgan fingerprint density at radius 3 is 2.56 bits per heavy atom. The van der Waals surface area contributed by atoms with Crippen molar-refractivity contribution in [3.63, 3.8) is 0 Å².